The minimum atomic E-state index is -0.305. The van der Waals surface area contributed by atoms with Crippen LogP contribution >= 0.6 is 11.3 Å². The third-order valence-corrected chi connectivity index (χ3v) is 9.08. The first-order valence-electron chi connectivity index (χ1n) is 13.9. The Morgan fingerprint density at radius 3 is 2.77 bits per heavy atom. The number of ether oxygens (including phenoxy) is 1. The number of likely N-dealkylation sites (tertiary alicyclic amines) is 1. The predicted molar refractivity (Wildman–Crippen MR) is 158 cm³/mol. The number of hydrogen-bond acceptors (Lipinski definition) is 6. The van der Waals surface area contributed by atoms with Gasteiger partial charge in [0.1, 0.15) is 21.2 Å². The summed E-state index contributed by atoms with van der Waals surface area (Å²) in [6.07, 6.45) is 6.10. The summed E-state index contributed by atoms with van der Waals surface area (Å²) in [5.74, 6) is 2.04. The molecule has 2 fully saturated rings. The van der Waals surface area contributed by atoms with Crippen molar-refractivity contribution in [2.24, 2.45) is 0 Å². The number of piperidine rings is 1. The third kappa shape index (κ3) is 4.49. The molecule has 0 bridgehead atoms. The number of thiophene rings is 1. The average Bonchev–Trinajstić information content (AvgIpc) is 3.72. The monoisotopic (exact) mass is 553 g/mol. The molecule has 204 valence electrons. The Labute approximate surface area is 237 Å². The molecule has 0 spiro atoms. The molecule has 3 aliphatic rings. The number of nitrogens with one attached hydrogen (secondary N) is 2. The van der Waals surface area contributed by atoms with Crippen molar-refractivity contribution in [1.29, 1.82) is 0 Å². The SMILES string of the molecule is Cc1cc(Oc2ccccc2C2CC2)ccc1N1C(=O)Nc2c(C(=O)N[C@@H]3CCCN(C)C3)sc3nccc1c23. The van der Waals surface area contributed by atoms with Crippen LogP contribution in [0.15, 0.2) is 54.7 Å². The van der Waals surface area contributed by atoms with Crippen LogP contribution < -0.4 is 20.3 Å². The quantitative estimate of drug-likeness (QED) is 0.275. The number of aromatic nitrogens is 1. The van der Waals surface area contributed by atoms with E-state index >= 15 is 0 Å². The molecule has 40 heavy (non-hydrogen) atoms. The van der Waals surface area contributed by atoms with Gasteiger partial charge < -0.3 is 20.3 Å². The van der Waals surface area contributed by atoms with Gasteiger partial charge in [-0.05, 0) is 93.6 Å². The minimum absolute atomic E-state index is 0.0894. The van der Waals surface area contributed by atoms with Gasteiger partial charge >= 0.3 is 6.03 Å². The van der Waals surface area contributed by atoms with Crippen molar-refractivity contribution in [3.63, 3.8) is 0 Å². The van der Waals surface area contributed by atoms with E-state index in [0.29, 0.717) is 22.2 Å². The highest BCUT2D eigenvalue weighted by molar-refractivity contribution is 7.21. The number of para-hydroxylation sites is 1. The number of carbonyl (C=O) groups excluding carboxylic acids is 2. The number of carbonyl (C=O) groups is 2. The van der Waals surface area contributed by atoms with Crippen LogP contribution in [0.1, 0.15) is 52.4 Å². The Morgan fingerprint density at radius 2 is 1.98 bits per heavy atom. The van der Waals surface area contributed by atoms with Crippen LogP contribution in [0.25, 0.3) is 10.2 Å². The summed E-state index contributed by atoms with van der Waals surface area (Å²) >= 11 is 1.32. The number of urea groups is 1. The van der Waals surface area contributed by atoms with Crippen LogP contribution in [0, 0.1) is 6.92 Å². The number of likely N-dealkylation sites (N-methyl/N-ethyl adjacent to an activating group) is 1. The Bertz CT molecular complexity index is 1650. The first kappa shape index (κ1) is 25.0. The highest BCUT2D eigenvalue weighted by Crippen LogP contribution is 2.47. The van der Waals surface area contributed by atoms with Crippen molar-refractivity contribution in [2.45, 2.75) is 44.6 Å². The largest absolute Gasteiger partial charge is 0.457 e. The summed E-state index contributed by atoms with van der Waals surface area (Å²) in [7, 11) is 2.07. The van der Waals surface area contributed by atoms with Gasteiger partial charge in [-0.15, -0.1) is 11.3 Å². The lowest BCUT2D eigenvalue weighted by molar-refractivity contribution is 0.0917. The van der Waals surface area contributed by atoms with Gasteiger partial charge in [-0.1, -0.05) is 18.2 Å². The molecule has 0 radical (unpaired) electrons. The zero-order valence-corrected chi connectivity index (χ0v) is 23.4. The molecule has 2 N–H and O–H groups in total. The molecule has 1 saturated carbocycles. The summed E-state index contributed by atoms with van der Waals surface area (Å²) in [5, 5.41) is 6.98. The Balaban J connectivity index is 1.19. The predicted octanol–water partition coefficient (Wildman–Crippen LogP) is 6.78. The molecule has 4 heterocycles. The molecule has 9 heteroatoms. The molecule has 3 amide bonds. The zero-order valence-electron chi connectivity index (χ0n) is 22.6. The van der Waals surface area contributed by atoms with Crippen molar-refractivity contribution in [2.75, 3.05) is 30.4 Å². The number of hydrogen-bond donors (Lipinski definition) is 2. The second-order valence-electron chi connectivity index (χ2n) is 11.0. The van der Waals surface area contributed by atoms with Crippen molar-refractivity contribution in [3.05, 3.63) is 70.7 Å². The van der Waals surface area contributed by atoms with Crippen LogP contribution in [-0.4, -0.2) is 48.0 Å². The van der Waals surface area contributed by atoms with E-state index in [0.717, 1.165) is 58.9 Å². The highest BCUT2D eigenvalue weighted by atomic mass is 32.1. The van der Waals surface area contributed by atoms with Crippen molar-refractivity contribution in [1.82, 2.24) is 15.2 Å². The fourth-order valence-electron chi connectivity index (χ4n) is 5.89. The van der Waals surface area contributed by atoms with Gasteiger partial charge in [0.25, 0.3) is 5.91 Å². The fraction of sp³-hybridized carbons (Fsp3) is 0.323. The maximum absolute atomic E-state index is 13.6. The number of aryl methyl sites for hydroxylation is 1. The number of benzene rings is 2. The number of rotatable bonds is 6. The number of nitrogens with zero attached hydrogens (tertiary/aromatic N) is 3. The van der Waals surface area contributed by atoms with Gasteiger partial charge in [0.05, 0.1) is 22.4 Å². The molecule has 4 aromatic rings. The van der Waals surface area contributed by atoms with Crippen LogP contribution in [-0.2, 0) is 0 Å². The van der Waals surface area contributed by atoms with Gasteiger partial charge in [0.2, 0.25) is 0 Å². The van der Waals surface area contributed by atoms with Crippen molar-refractivity contribution < 1.29 is 14.3 Å². The molecule has 1 atom stereocenters. The maximum atomic E-state index is 13.6. The molecular formula is C31H31N5O3S. The molecule has 0 unspecified atom stereocenters. The lowest BCUT2D eigenvalue weighted by Gasteiger charge is -2.31. The number of pyridine rings is 1. The fourth-order valence-corrected chi connectivity index (χ4v) is 6.92. The van der Waals surface area contributed by atoms with Crippen molar-refractivity contribution in [3.8, 4) is 11.5 Å². The molecular weight excluding hydrogens is 522 g/mol. The summed E-state index contributed by atoms with van der Waals surface area (Å²) in [5.41, 5.74) is 4.16. The van der Waals surface area contributed by atoms with Crippen LogP contribution in [0.4, 0.5) is 21.9 Å². The van der Waals surface area contributed by atoms with E-state index in [1.165, 1.54) is 29.7 Å². The number of amides is 3. The van der Waals surface area contributed by atoms with E-state index in [2.05, 4.69) is 39.7 Å². The zero-order chi connectivity index (χ0) is 27.4. The Hall–Kier alpha value is -3.95. The van der Waals surface area contributed by atoms with Crippen LogP contribution in [0.2, 0.25) is 0 Å². The molecule has 2 aromatic carbocycles. The van der Waals surface area contributed by atoms with Gasteiger partial charge in [-0.25, -0.2) is 9.78 Å². The maximum Gasteiger partial charge on any atom is 0.331 e. The second-order valence-corrected chi connectivity index (χ2v) is 12.0. The van der Waals surface area contributed by atoms with Gasteiger partial charge in [-0.2, -0.15) is 0 Å². The lowest BCUT2D eigenvalue weighted by atomic mass is 10.1. The summed E-state index contributed by atoms with van der Waals surface area (Å²) < 4.78 is 6.30. The molecule has 2 aliphatic heterocycles. The molecule has 8 nitrogen and oxygen atoms in total. The highest BCUT2D eigenvalue weighted by Gasteiger charge is 2.34. The smallest absolute Gasteiger partial charge is 0.331 e. The molecule has 1 saturated heterocycles. The second kappa shape index (κ2) is 9.91. The van der Waals surface area contributed by atoms with Crippen molar-refractivity contribution >= 4 is 50.6 Å². The minimum Gasteiger partial charge on any atom is -0.457 e. The summed E-state index contributed by atoms with van der Waals surface area (Å²) in [6, 6.07) is 15.6. The summed E-state index contributed by atoms with van der Waals surface area (Å²) in [6.45, 7) is 3.84. The summed E-state index contributed by atoms with van der Waals surface area (Å²) in [4.78, 5) is 36.6. The lowest BCUT2D eigenvalue weighted by Crippen LogP contribution is -2.46. The van der Waals surface area contributed by atoms with Crippen LogP contribution in [0.5, 0.6) is 11.5 Å². The molecule has 1 aliphatic carbocycles. The Morgan fingerprint density at radius 1 is 1.12 bits per heavy atom. The van der Waals surface area contributed by atoms with E-state index < -0.39 is 0 Å². The number of anilines is 3. The van der Waals surface area contributed by atoms with Crippen LogP contribution in [0.3, 0.4) is 0 Å². The van der Waals surface area contributed by atoms with E-state index in [1.807, 2.05) is 43.3 Å². The average molecular weight is 554 g/mol. The van der Waals surface area contributed by atoms with E-state index in [-0.39, 0.29) is 18.0 Å². The van der Waals surface area contributed by atoms with Gasteiger partial charge in [-0.3, -0.25) is 9.69 Å². The topological polar surface area (TPSA) is 86.8 Å². The molecule has 2 aromatic heterocycles. The first-order valence-corrected chi connectivity index (χ1v) is 14.7. The molecule has 7 rings (SSSR count). The van der Waals surface area contributed by atoms with Gasteiger partial charge in [0, 0.05) is 18.8 Å². The van der Waals surface area contributed by atoms with E-state index in [1.54, 1.807) is 11.1 Å². The van der Waals surface area contributed by atoms with E-state index in [4.69, 9.17) is 4.74 Å². The third-order valence-electron chi connectivity index (χ3n) is 7.99. The van der Waals surface area contributed by atoms with E-state index in [9.17, 15) is 9.59 Å². The van der Waals surface area contributed by atoms with Gasteiger partial charge in [0.15, 0.2) is 0 Å². The standard InChI is InChI=1S/C31H31N5O3S/c1-18-16-21(39-25-8-4-3-7-22(25)19-9-10-19)11-12-23(18)36-24-13-14-32-30-26(24)27(34-31(36)38)28(40-30)29(37)33-20-6-5-15-35(2)17-20/h3-4,7-8,11-14,16,19-20H,5-6,9-10,15,17H2,1-2H3,(H,33,37)(H,34,38)/t20-/m1/s1. The normalized spacial score (nSPS) is 19.0. The Kier molecular flexibility index (Phi) is 6.20. The first-order chi connectivity index (χ1) is 19.5.